The van der Waals surface area contributed by atoms with Crippen molar-refractivity contribution in [2.75, 3.05) is 37.7 Å². The second kappa shape index (κ2) is 8.19. The Labute approximate surface area is 157 Å². The van der Waals surface area contributed by atoms with Crippen molar-refractivity contribution in [2.24, 2.45) is 0 Å². The monoisotopic (exact) mass is 359 g/mol. The van der Waals surface area contributed by atoms with Crippen LogP contribution in [0.4, 0.5) is 5.82 Å². The van der Waals surface area contributed by atoms with Crippen LogP contribution in [0.25, 0.3) is 0 Å². The molecule has 1 aromatic heterocycles. The van der Waals surface area contributed by atoms with Crippen LogP contribution in [0, 0.1) is 0 Å². The number of nitrogens with one attached hydrogen (secondary N) is 2. The molecule has 3 saturated heterocycles. The van der Waals surface area contributed by atoms with Crippen molar-refractivity contribution in [1.29, 1.82) is 0 Å². The molecule has 4 heterocycles. The fourth-order valence-corrected chi connectivity index (χ4v) is 4.86. The van der Waals surface area contributed by atoms with Gasteiger partial charge in [-0.3, -0.25) is 0 Å². The van der Waals surface area contributed by atoms with Gasteiger partial charge in [0.1, 0.15) is 12.1 Å². The van der Waals surface area contributed by atoms with Gasteiger partial charge in [-0.05, 0) is 51.6 Å². The van der Waals surface area contributed by atoms with E-state index in [0.717, 1.165) is 64.3 Å². The molecule has 6 heteroatoms. The Morgan fingerprint density at radius 3 is 2.85 bits per heavy atom. The molecule has 26 heavy (non-hydrogen) atoms. The van der Waals surface area contributed by atoms with Crippen LogP contribution in [-0.2, 0) is 11.2 Å². The number of nitrogens with zero attached hydrogens (tertiary/aromatic N) is 3. The number of hydrogen-bond acceptors (Lipinski definition) is 6. The van der Waals surface area contributed by atoms with E-state index in [2.05, 4.69) is 32.4 Å². The first-order valence-electron chi connectivity index (χ1n) is 10.4. The summed E-state index contributed by atoms with van der Waals surface area (Å²) in [6.45, 7) is 7.45. The highest BCUT2D eigenvalue weighted by atomic mass is 16.5. The summed E-state index contributed by atoms with van der Waals surface area (Å²) in [4.78, 5) is 11.2. The van der Waals surface area contributed by atoms with Gasteiger partial charge < -0.3 is 20.3 Å². The summed E-state index contributed by atoms with van der Waals surface area (Å²) < 4.78 is 6.24. The Morgan fingerprint density at radius 1 is 1.27 bits per heavy atom. The van der Waals surface area contributed by atoms with E-state index in [4.69, 9.17) is 4.74 Å². The van der Waals surface area contributed by atoms with Crippen molar-refractivity contribution >= 4 is 5.82 Å². The summed E-state index contributed by atoms with van der Waals surface area (Å²) in [5.74, 6) is 1.15. The first-order chi connectivity index (χ1) is 12.8. The van der Waals surface area contributed by atoms with Crippen molar-refractivity contribution in [2.45, 2.75) is 69.6 Å². The van der Waals surface area contributed by atoms with Gasteiger partial charge in [-0.2, -0.15) is 0 Å². The van der Waals surface area contributed by atoms with Gasteiger partial charge in [0.25, 0.3) is 0 Å². The number of aryl methyl sites for hydroxylation is 1. The second-order valence-corrected chi connectivity index (χ2v) is 8.19. The molecule has 1 atom stereocenters. The average Bonchev–Trinajstić information content (AvgIpc) is 3.05. The fourth-order valence-electron chi connectivity index (χ4n) is 4.86. The van der Waals surface area contributed by atoms with Crippen LogP contribution in [-0.4, -0.2) is 60.4 Å². The lowest BCUT2D eigenvalue weighted by atomic mass is 9.88. The molecule has 4 rings (SSSR count). The first-order valence-corrected chi connectivity index (χ1v) is 10.4. The molecule has 0 aliphatic carbocycles. The zero-order chi connectivity index (χ0) is 17.8. The summed E-state index contributed by atoms with van der Waals surface area (Å²) in [7, 11) is 0. The van der Waals surface area contributed by atoms with Crippen LogP contribution in [0.5, 0.6) is 0 Å². The number of rotatable bonds is 5. The number of ether oxygens (including phenoxy) is 1. The summed E-state index contributed by atoms with van der Waals surface area (Å²) in [5, 5.41) is 7.35. The standard InChI is InChI=1S/C20H33N5O/c1-2-3-16-13-22-15-23-19(16)25-10-4-17(5-11-25)24-18-12-20(26-14-18)6-8-21-9-7-20/h13,15,17-18,21,24H,2-12,14H2,1H3. The molecule has 3 aliphatic heterocycles. The molecular formula is C20H33N5O. The van der Waals surface area contributed by atoms with Crippen molar-refractivity contribution in [3.05, 3.63) is 18.1 Å². The van der Waals surface area contributed by atoms with Crippen molar-refractivity contribution in [3.8, 4) is 0 Å². The highest BCUT2D eigenvalue weighted by molar-refractivity contribution is 5.45. The van der Waals surface area contributed by atoms with Crippen LogP contribution >= 0.6 is 0 Å². The van der Waals surface area contributed by atoms with Gasteiger partial charge in [0.15, 0.2) is 0 Å². The van der Waals surface area contributed by atoms with Crippen molar-refractivity contribution in [3.63, 3.8) is 0 Å². The number of aromatic nitrogens is 2. The number of anilines is 1. The predicted molar refractivity (Wildman–Crippen MR) is 104 cm³/mol. The normalized spacial score (nSPS) is 26.5. The molecule has 0 aromatic carbocycles. The molecule has 0 radical (unpaired) electrons. The van der Waals surface area contributed by atoms with Gasteiger partial charge >= 0.3 is 0 Å². The lowest BCUT2D eigenvalue weighted by Crippen LogP contribution is -2.47. The Bertz CT molecular complexity index is 581. The van der Waals surface area contributed by atoms with Gasteiger partial charge in [0.05, 0.1) is 12.2 Å². The summed E-state index contributed by atoms with van der Waals surface area (Å²) in [5.41, 5.74) is 1.44. The van der Waals surface area contributed by atoms with Crippen LogP contribution in [0.3, 0.4) is 0 Å². The number of piperidine rings is 2. The Hall–Kier alpha value is -1.24. The lowest BCUT2D eigenvalue weighted by Gasteiger charge is -2.36. The molecule has 1 unspecified atom stereocenters. The minimum absolute atomic E-state index is 0.152. The smallest absolute Gasteiger partial charge is 0.135 e. The molecule has 1 spiro atoms. The van der Waals surface area contributed by atoms with E-state index in [1.807, 2.05) is 6.20 Å². The van der Waals surface area contributed by atoms with E-state index in [0.29, 0.717) is 12.1 Å². The topological polar surface area (TPSA) is 62.3 Å². The molecule has 3 aliphatic rings. The zero-order valence-corrected chi connectivity index (χ0v) is 16.0. The first kappa shape index (κ1) is 18.1. The van der Waals surface area contributed by atoms with Crippen molar-refractivity contribution < 1.29 is 4.74 Å². The third-order valence-corrected chi connectivity index (χ3v) is 6.27. The Morgan fingerprint density at radius 2 is 2.08 bits per heavy atom. The highest BCUT2D eigenvalue weighted by Gasteiger charge is 2.41. The summed E-state index contributed by atoms with van der Waals surface area (Å²) in [6.07, 6.45) is 11.7. The third kappa shape index (κ3) is 4.02. The van der Waals surface area contributed by atoms with Crippen molar-refractivity contribution in [1.82, 2.24) is 20.6 Å². The third-order valence-electron chi connectivity index (χ3n) is 6.27. The molecule has 0 bridgehead atoms. The molecule has 0 saturated carbocycles. The zero-order valence-electron chi connectivity index (χ0n) is 16.0. The Balaban J connectivity index is 1.28. The van der Waals surface area contributed by atoms with E-state index in [9.17, 15) is 0 Å². The maximum atomic E-state index is 6.24. The van der Waals surface area contributed by atoms with Crippen LogP contribution in [0.15, 0.2) is 12.5 Å². The minimum Gasteiger partial charge on any atom is -0.373 e. The van der Waals surface area contributed by atoms with Gasteiger partial charge in [-0.1, -0.05) is 13.3 Å². The highest BCUT2D eigenvalue weighted by Crippen LogP contribution is 2.34. The van der Waals surface area contributed by atoms with E-state index in [1.165, 1.54) is 24.8 Å². The number of hydrogen-bond donors (Lipinski definition) is 2. The van der Waals surface area contributed by atoms with E-state index >= 15 is 0 Å². The minimum atomic E-state index is 0.152. The molecule has 3 fully saturated rings. The second-order valence-electron chi connectivity index (χ2n) is 8.19. The van der Waals surface area contributed by atoms with Gasteiger partial charge in [0.2, 0.25) is 0 Å². The lowest BCUT2D eigenvalue weighted by molar-refractivity contribution is -0.0194. The van der Waals surface area contributed by atoms with E-state index in [-0.39, 0.29) is 5.60 Å². The Kier molecular flexibility index (Phi) is 5.72. The molecule has 144 valence electrons. The largest absolute Gasteiger partial charge is 0.373 e. The quantitative estimate of drug-likeness (QED) is 0.837. The molecule has 0 amide bonds. The molecule has 1 aromatic rings. The van der Waals surface area contributed by atoms with Gasteiger partial charge in [0, 0.05) is 36.9 Å². The van der Waals surface area contributed by atoms with Gasteiger partial charge in [-0.25, -0.2) is 9.97 Å². The molecular weight excluding hydrogens is 326 g/mol. The molecule has 6 nitrogen and oxygen atoms in total. The fraction of sp³-hybridized carbons (Fsp3) is 0.800. The van der Waals surface area contributed by atoms with Crippen LogP contribution < -0.4 is 15.5 Å². The maximum absolute atomic E-state index is 6.24. The average molecular weight is 360 g/mol. The van der Waals surface area contributed by atoms with Crippen LogP contribution in [0.1, 0.15) is 51.0 Å². The van der Waals surface area contributed by atoms with E-state index in [1.54, 1.807) is 6.33 Å². The maximum Gasteiger partial charge on any atom is 0.135 e. The van der Waals surface area contributed by atoms with E-state index < -0.39 is 0 Å². The SMILES string of the molecule is CCCc1cncnc1N1CCC(NC2COC3(CCNCC3)C2)CC1. The summed E-state index contributed by atoms with van der Waals surface area (Å²) in [6, 6.07) is 1.13. The molecule has 2 N–H and O–H groups in total. The predicted octanol–water partition coefficient (Wildman–Crippen LogP) is 1.90. The van der Waals surface area contributed by atoms with Crippen LogP contribution in [0.2, 0.25) is 0 Å². The summed E-state index contributed by atoms with van der Waals surface area (Å²) >= 11 is 0. The van der Waals surface area contributed by atoms with Gasteiger partial charge in [-0.15, -0.1) is 0 Å².